The molecule has 4 aromatic rings. The summed E-state index contributed by atoms with van der Waals surface area (Å²) in [7, 11) is -4.49. The predicted octanol–water partition coefficient (Wildman–Crippen LogP) is 5.60. The van der Waals surface area contributed by atoms with E-state index in [9.17, 15) is 26.4 Å². The number of halogens is 3. The number of esters is 1. The summed E-state index contributed by atoms with van der Waals surface area (Å²) in [4.78, 5) is 18.4. The van der Waals surface area contributed by atoms with Crippen molar-refractivity contribution in [2.45, 2.75) is 38.7 Å². The normalized spacial score (nSPS) is 15.0. The van der Waals surface area contributed by atoms with Crippen LogP contribution in [0.3, 0.4) is 0 Å². The van der Waals surface area contributed by atoms with E-state index in [1.165, 1.54) is 19.2 Å². The molecule has 5 rings (SSSR count). The van der Waals surface area contributed by atoms with Crippen LogP contribution in [-0.4, -0.2) is 47.5 Å². The van der Waals surface area contributed by atoms with Crippen LogP contribution in [-0.2, 0) is 19.6 Å². The van der Waals surface area contributed by atoms with Crippen LogP contribution in [0.25, 0.3) is 16.1 Å². The van der Waals surface area contributed by atoms with Gasteiger partial charge in [0, 0.05) is 16.0 Å². The Balaban J connectivity index is 1.57. The van der Waals surface area contributed by atoms with Crippen molar-refractivity contribution in [2.75, 3.05) is 7.11 Å². The maximum atomic E-state index is 12.8. The number of hydrogen-bond donors (Lipinski definition) is 0. The monoisotopic (exact) mass is 604 g/mol. The first-order chi connectivity index (χ1) is 19.3. The lowest BCUT2D eigenvalue weighted by atomic mass is 9.97. The number of benzene rings is 2. The maximum absolute atomic E-state index is 12.8. The molecule has 0 radical (unpaired) electrons. The number of alkyl halides is 3. The molecular weight excluding hydrogens is 581 g/mol. The highest BCUT2D eigenvalue weighted by Crippen LogP contribution is 2.40. The van der Waals surface area contributed by atoms with Gasteiger partial charge in [0.1, 0.15) is 22.6 Å². The van der Waals surface area contributed by atoms with Gasteiger partial charge < -0.3 is 8.92 Å². The van der Waals surface area contributed by atoms with Gasteiger partial charge in [-0.3, -0.25) is 14.4 Å². The van der Waals surface area contributed by atoms with Crippen LogP contribution < -0.4 is 4.18 Å². The molecule has 0 N–H and O–H groups in total. The molecule has 1 aliphatic heterocycles. The number of thiophene rings is 1. The lowest BCUT2D eigenvalue weighted by Gasteiger charge is -2.13. The van der Waals surface area contributed by atoms with Gasteiger partial charge in [-0.2, -0.15) is 21.6 Å². The number of aryl methyl sites for hydroxylation is 2. The molecule has 14 heteroatoms. The van der Waals surface area contributed by atoms with Crippen LogP contribution in [0, 0.1) is 20.8 Å². The minimum atomic E-state index is -5.80. The second-order valence-electron chi connectivity index (χ2n) is 9.27. The Morgan fingerprint density at radius 1 is 1.02 bits per heavy atom. The van der Waals surface area contributed by atoms with Crippen molar-refractivity contribution >= 4 is 33.1 Å². The number of nitrogens with zero attached hydrogens (tertiary/aromatic N) is 4. The second kappa shape index (κ2) is 10.4. The van der Waals surface area contributed by atoms with Crippen LogP contribution in [0.2, 0.25) is 0 Å². The fourth-order valence-corrected chi connectivity index (χ4v) is 6.15. The molecule has 0 unspecified atom stereocenters. The first-order valence-corrected chi connectivity index (χ1v) is 14.4. The highest BCUT2D eigenvalue weighted by molar-refractivity contribution is 7.88. The van der Waals surface area contributed by atoms with Crippen molar-refractivity contribution in [3.8, 4) is 21.9 Å². The molecule has 0 bridgehead atoms. The molecule has 2 aromatic heterocycles. The summed E-state index contributed by atoms with van der Waals surface area (Å²) in [6.07, 6.45) is -0.0448. The van der Waals surface area contributed by atoms with Gasteiger partial charge in [-0.05, 0) is 49.6 Å². The molecule has 1 atom stereocenters. The third-order valence-corrected chi connectivity index (χ3v) is 8.81. The Bertz CT molecular complexity index is 1790. The highest BCUT2D eigenvalue weighted by atomic mass is 32.2. The standard InChI is InChI=1S/C27H23F3N4O5S2/c1-14-15(2)40-26-23(14)24(31-21(13-22(35)38-4)25-33-32-16(3)34(25)26)18-10-8-17(9-11-18)19-6-5-7-20(12-19)39-41(36,37)27(28,29)30/h5-12,21H,13H2,1-4H3/t21-/m0/s1. The SMILES string of the molecule is COC(=O)C[C@@H]1N=C(c2ccc(-c3cccc(OS(=O)(=O)C(F)(F)F)c3)cc2)c2c(sc(C)c2C)-n2c(C)nnc21. The van der Waals surface area contributed by atoms with E-state index < -0.39 is 33.4 Å². The first kappa shape index (κ1) is 28.5. The quantitative estimate of drug-likeness (QED) is 0.160. The topological polar surface area (TPSA) is 113 Å². The Kier molecular flexibility index (Phi) is 7.24. The summed E-state index contributed by atoms with van der Waals surface area (Å²) in [5.74, 6) is 0.259. The largest absolute Gasteiger partial charge is 0.534 e. The predicted molar refractivity (Wildman–Crippen MR) is 146 cm³/mol. The van der Waals surface area contributed by atoms with E-state index in [0.717, 1.165) is 32.6 Å². The second-order valence-corrected chi connectivity index (χ2v) is 12.0. The molecule has 41 heavy (non-hydrogen) atoms. The third kappa shape index (κ3) is 5.24. The van der Waals surface area contributed by atoms with E-state index >= 15 is 0 Å². The summed E-state index contributed by atoms with van der Waals surface area (Å²) in [6.45, 7) is 5.83. The van der Waals surface area contributed by atoms with E-state index in [1.54, 1.807) is 41.7 Å². The summed E-state index contributed by atoms with van der Waals surface area (Å²) >= 11 is 1.57. The molecule has 0 aliphatic carbocycles. The molecule has 3 heterocycles. The summed E-state index contributed by atoms with van der Waals surface area (Å²) in [5, 5.41) is 9.45. The van der Waals surface area contributed by atoms with Gasteiger partial charge in [-0.15, -0.1) is 21.5 Å². The van der Waals surface area contributed by atoms with Gasteiger partial charge in [0.2, 0.25) is 0 Å². The number of hydrogen-bond acceptors (Lipinski definition) is 9. The van der Waals surface area contributed by atoms with E-state index in [4.69, 9.17) is 9.73 Å². The molecule has 0 amide bonds. The minimum absolute atomic E-state index is 0.0448. The molecule has 1 aliphatic rings. The average Bonchev–Trinajstić information content (AvgIpc) is 3.39. The number of methoxy groups -OCH3 is 1. The van der Waals surface area contributed by atoms with Crippen LogP contribution in [0.5, 0.6) is 5.75 Å². The Hall–Kier alpha value is -4.04. The molecular formula is C27H23F3N4O5S2. The minimum Gasteiger partial charge on any atom is -0.469 e. The average molecular weight is 605 g/mol. The summed E-state index contributed by atoms with van der Waals surface area (Å²) in [6, 6.07) is 11.8. The van der Waals surface area contributed by atoms with Gasteiger partial charge in [-0.1, -0.05) is 36.4 Å². The number of carbonyl (C=O) groups is 1. The summed E-state index contributed by atoms with van der Waals surface area (Å²) in [5.41, 5.74) is -1.23. The number of rotatable bonds is 6. The zero-order chi connectivity index (χ0) is 29.7. The molecule has 0 saturated carbocycles. The Morgan fingerprint density at radius 3 is 2.37 bits per heavy atom. The zero-order valence-electron chi connectivity index (χ0n) is 22.2. The number of aromatic nitrogens is 3. The smallest absolute Gasteiger partial charge is 0.469 e. The number of ether oxygens (including phenoxy) is 1. The number of aliphatic imine (C=N–C) groups is 1. The zero-order valence-corrected chi connectivity index (χ0v) is 23.8. The van der Waals surface area contributed by atoms with Crippen LogP contribution in [0.1, 0.15) is 45.7 Å². The van der Waals surface area contributed by atoms with Crippen LogP contribution in [0.15, 0.2) is 53.5 Å². The van der Waals surface area contributed by atoms with Crippen molar-refractivity contribution in [2.24, 2.45) is 4.99 Å². The first-order valence-electron chi connectivity index (χ1n) is 12.2. The fraction of sp³-hybridized carbons (Fsp3) is 0.259. The number of carbonyl (C=O) groups excluding carboxylic acids is 1. The number of fused-ring (bicyclic) bond motifs is 3. The van der Waals surface area contributed by atoms with Gasteiger partial charge in [-0.25, -0.2) is 0 Å². The molecule has 2 aromatic carbocycles. The van der Waals surface area contributed by atoms with Crippen molar-refractivity contribution in [3.05, 3.63) is 81.7 Å². The Morgan fingerprint density at radius 2 is 1.71 bits per heavy atom. The van der Waals surface area contributed by atoms with E-state index in [-0.39, 0.29) is 6.42 Å². The lowest BCUT2D eigenvalue weighted by Crippen LogP contribution is -2.28. The van der Waals surface area contributed by atoms with E-state index in [2.05, 4.69) is 14.4 Å². The molecule has 0 spiro atoms. The lowest BCUT2D eigenvalue weighted by molar-refractivity contribution is -0.141. The summed E-state index contributed by atoms with van der Waals surface area (Å²) < 4.78 is 72.3. The van der Waals surface area contributed by atoms with Gasteiger partial charge >= 0.3 is 21.6 Å². The van der Waals surface area contributed by atoms with Crippen molar-refractivity contribution < 1.29 is 35.3 Å². The van der Waals surface area contributed by atoms with E-state index in [1.807, 2.05) is 25.3 Å². The fourth-order valence-electron chi connectivity index (χ4n) is 4.49. The van der Waals surface area contributed by atoms with Gasteiger partial charge in [0.15, 0.2) is 5.82 Å². The Labute approximate surface area is 237 Å². The maximum Gasteiger partial charge on any atom is 0.534 e. The molecule has 9 nitrogen and oxygen atoms in total. The molecule has 0 fully saturated rings. The van der Waals surface area contributed by atoms with Crippen LogP contribution >= 0.6 is 11.3 Å². The third-order valence-electron chi connectivity index (χ3n) is 6.64. The molecule has 0 saturated heterocycles. The van der Waals surface area contributed by atoms with Crippen molar-refractivity contribution in [1.82, 2.24) is 14.8 Å². The highest BCUT2D eigenvalue weighted by Gasteiger charge is 2.48. The molecule has 214 valence electrons. The van der Waals surface area contributed by atoms with Gasteiger partial charge in [0.25, 0.3) is 0 Å². The van der Waals surface area contributed by atoms with Crippen molar-refractivity contribution in [3.63, 3.8) is 0 Å². The van der Waals surface area contributed by atoms with Crippen LogP contribution in [0.4, 0.5) is 13.2 Å². The van der Waals surface area contributed by atoms with Gasteiger partial charge in [0.05, 0.1) is 19.2 Å². The van der Waals surface area contributed by atoms with Crippen molar-refractivity contribution in [1.29, 1.82) is 0 Å². The van der Waals surface area contributed by atoms with E-state index in [0.29, 0.717) is 28.5 Å².